The number of halogens is 3. The summed E-state index contributed by atoms with van der Waals surface area (Å²) in [6, 6.07) is 10.4. The normalized spacial score (nSPS) is 12.1. The van der Waals surface area contributed by atoms with E-state index in [1.807, 2.05) is 6.07 Å². The molecule has 2 rings (SSSR count). The Kier molecular flexibility index (Phi) is 5.62. The molecule has 1 atom stereocenters. The molecule has 0 saturated heterocycles. The standard InChI is InChI=1S/C18H13F3N2O3/c19-18(20,21)14-6-4-13(5-7-14)16(24)23-15(17(25)26)9-11-2-1-3-12(8-11)10-22/h1-8,15H,9H2,(H,23,24)(H,25,26)/t15-/m1/s1. The van der Waals surface area contributed by atoms with Crippen LogP contribution in [-0.2, 0) is 17.4 Å². The topological polar surface area (TPSA) is 90.2 Å². The van der Waals surface area contributed by atoms with Gasteiger partial charge in [-0.1, -0.05) is 12.1 Å². The summed E-state index contributed by atoms with van der Waals surface area (Å²) in [6.45, 7) is 0. The first-order valence-electron chi connectivity index (χ1n) is 7.40. The Hall–Kier alpha value is -3.34. The van der Waals surface area contributed by atoms with Crippen molar-refractivity contribution in [3.63, 3.8) is 0 Å². The summed E-state index contributed by atoms with van der Waals surface area (Å²) >= 11 is 0. The van der Waals surface area contributed by atoms with Crippen molar-refractivity contribution < 1.29 is 27.9 Å². The van der Waals surface area contributed by atoms with E-state index in [-0.39, 0.29) is 12.0 Å². The van der Waals surface area contributed by atoms with E-state index >= 15 is 0 Å². The number of nitriles is 1. The van der Waals surface area contributed by atoms with Crippen LogP contribution in [0.2, 0.25) is 0 Å². The number of rotatable bonds is 5. The number of aliphatic carboxylic acids is 1. The summed E-state index contributed by atoms with van der Waals surface area (Å²) in [5, 5.41) is 20.4. The van der Waals surface area contributed by atoms with Crippen LogP contribution in [0.3, 0.4) is 0 Å². The maximum atomic E-state index is 12.5. The number of benzene rings is 2. The van der Waals surface area contributed by atoms with Gasteiger partial charge in [0.05, 0.1) is 17.2 Å². The molecule has 134 valence electrons. The first-order valence-corrected chi connectivity index (χ1v) is 7.40. The maximum Gasteiger partial charge on any atom is 0.416 e. The van der Waals surface area contributed by atoms with Crippen molar-refractivity contribution in [1.29, 1.82) is 5.26 Å². The molecule has 0 spiro atoms. The number of carbonyl (C=O) groups is 2. The molecule has 8 heteroatoms. The van der Waals surface area contributed by atoms with Gasteiger partial charge < -0.3 is 10.4 Å². The molecule has 2 N–H and O–H groups in total. The van der Waals surface area contributed by atoms with Gasteiger partial charge in [-0.2, -0.15) is 18.4 Å². The number of carboxylic acid groups (broad SMARTS) is 1. The molecule has 0 radical (unpaired) electrons. The van der Waals surface area contributed by atoms with E-state index in [1.165, 1.54) is 6.07 Å². The van der Waals surface area contributed by atoms with Gasteiger partial charge in [0.15, 0.2) is 0 Å². The highest BCUT2D eigenvalue weighted by Gasteiger charge is 2.30. The predicted molar refractivity (Wildman–Crippen MR) is 85.2 cm³/mol. The molecule has 0 fully saturated rings. The van der Waals surface area contributed by atoms with E-state index < -0.39 is 29.7 Å². The number of nitrogens with zero attached hydrogens (tertiary/aromatic N) is 1. The van der Waals surface area contributed by atoms with Crippen LogP contribution in [0.4, 0.5) is 13.2 Å². The maximum absolute atomic E-state index is 12.5. The van der Waals surface area contributed by atoms with E-state index in [0.717, 1.165) is 24.3 Å². The fraction of sp³-hybridized carbons (Fsp3) is 0.167. The lowest BCUT2D eigenvalue weighted by atomic mass is 10.0. The van der Waals surface area contributed by atoms with Crippen LogP contribution in [0.5, 0.6) is 0 Å². The lowest BCUT2D eigenvalue weighted by molar-refractivity contribution is -0.139. The zero-order valence-corrected chi connectivity index (χ0v) is 13.2. The van der Waals surface area contributed by atoms with Crippen molar-refractivity contribution in [3.8, 4) is 6.07 Å². The highest BCUT2D eigenvalue weighted by Crippen LogP contribution is 2.29. The van der Waals surface area contributed by atoms with Crippen molar-refractivity contribution in [2.24, 2.45) is 0 Å². The minimum Gasteiger partial charge on any atom is -0.480 e. The van der Waals surface area contributed by atoms with Gasteiger partial charge in [-0.05, 0) is 42.0 Å². The smallest absolute Gasteiger partial charge is 0.416 e. The second-order valence-electron chi connectivity index (χ2n) is 5.46. The highest BCUT2D eigenvalue weighted by molar-refractivity contribution is 5.96. The number of amides is 1. The van der Waals surface area contributed by atoms with Gasteiger partial charge in [-0.15, -0.1) is 0 Å². The second kappa shape index (κ2) is 7.70. The fourth-order valence-electron chi connectivity index (χ4n) is 2.26. The van der Waals surface area contributed by atoms with Crippen LogP contribution in [0.25, 0.3) is 0 Å². The summed E-state index contributed by atoms with van der Waals surface area (Å²) in [5.41, 5.74) is -0.114. The van der Waals surface area contributed by atoms with Crippen molar-refractivity contribution in [2.75, 3.05) is 0 Å². The van der Waals surface area contributed by atoms with Crippen molar-refractivity contribution in [2.45, 2.75) is 18.6 Å². The van der Waals surface area contributed by atoms with Crippen molar-refractivity contribution in [3.05, 3.63) is 70.8 Å². The van der Waals surface area contributed by atoms with Gasteiger partial charge in [0.25, 0.3) is 5.91 Å². The number of carboxylic acids is 1. The fourth-order valence-corrected chi connectivity index (χ4v) is 2.26. The first-order chi connectivity index (χ1) is 12.2. The third-order valence-electron chi connectivity index (χ3n) is 3.57. The molecular weight excluding hydrogens is 349 g/mol. The molecule has 0 heterocycles. The third-order valence-corrected chi connectivity index (χ3v) is 3.57. The summed E-state index contributed by atoms with van der Waals surface area (Å²) in [6.07, 6.45) is -4.60. The third kappa shape index (κ3) is 4.83. The predicted octanol–water partition coefficient (Wildman–Crippen LogP) is 3.00. The number of hydrogen-bond acceptors (Lipinski definition) is 3. The highest BCUT2D eigenvalue weighted by atomic mass is 19.4. The van der Waals surface area contributed by atoms with Crippen LogP contribution in [0, 0.1) is 11.3 Å². The molecular formula is C18H13F3N2O3. The molecule has 5 nitrogen and oxygen atoms in total. The van der Waals surface area contributed by atoms with Gasteiger partial charge in [0.1, 0.15) is 6.04 Å². The lowest BCUT2D eigenvalue weighted by Crippen LogP contribution is -2.42. The van der Waals surface area contributed by atoms with E-state index in [2.05, 4.69) is 5.32 Å². The minimum absolute atomic E-state index is 0.0722. The Bertz CT molecular complexity index is 855. The quantitative estimate of drug-likeness (QED) is 0.856. The zero-order valence-electron chi connectivity index (χ0n) is 13.2. The second-order valence-corrected chi connectivity index (χ2v) is 5.46. The Morgan fingerprint density at radius 1 is 1.15 bits per heavy atom. The Labute approximate surface area is 146 Å². The first kappa shape index (κ1) is 19.0. The Morgan fingerprint density at radius 3 is 2.35 bits per heavy atom. The molecule has 0 aliphatic carbocycles. The van der Waals surface area contributed by atoms with Crippen LogP contribution in [-0.4, -0.2) is 23.0 Å². The summed E-state index contributed by atoms with van der Waals surface area (Å²) in [4.78, 5) is 23.5. The SMILES string of the molecule is N#Cc1cccc(C[C@@H](NC(=O)c2ccc(C(F)(F)F)cc2)C(=O)O)c1. The Morgan fingerprint density at radius 2 is 1.81 bits per heavy atom. The van der Waals surface area contributed by atoms with Gasteiger partial charge in [-0.3, -0.25) is 4.79 Å². The van der Waals surface area contributed by atoms with Crippen molar-refractivity contribution in [1.82, 2.24) is 5.32 Å². The average Bonchev–Trinajstić information content (AvgIpc) is 2.60. The van der Waals surface area contributed by atoms with Crippen LogP contribution in [0.1, 0.15) is 27.0 Å². The molecule has 1 amide bonds. The summed E-state index contributed by atoms with van der Waals surface area (Å²) in [7, 11) is 0. The molecule has 0 aromatic heterocycles. The largest absolute Gasteiger partial charge is 0.480 e. The molecule has 2 aromatic rings. The van der Waals surface area contributed by atoms with Crippen LogP contribution >= 0.6 is 0 Å². The molecule has 0 aliphatic rings. The number of alkyl halides is 3. The number of nitrogens with one attached hydrogen (secondary N) is 1. The molecule has 0 bridgehead atoms. The van der Waals surface area contributed by atoms with Gasteiger partial charge in [0, 0.05) is 12.0 Å². The average molecular weight is 362 g/mol. The lowest BCUT2D eigenvalue weighted by Gasteiger charge is -2.15. The van der Waals surface area contributed by atoms with Crippen LogP contribution in [0.15, 0.2) is 48.5 Å². The monoisotopic (exact) mass is 362 g/mol. The summed E-state index contributed by atoms with van der Waals surface area (Å²) in [5.74, 6) is -2.10. The Balaban J connectivity index is 2.13. The molecule has 0 aliphatic heterocycles. The molecule has 2 aromatic carbocycles. The van der Waals surface area contributed by atoms with Crippen molar-refractivity contribution >= 4 is 11.9 Å². The van der Waals surface area contributed by atoms with E-state index in [4.69, 9.17) is 5.26 Å². The van der Waals surface area contributed by atoms with Gasteiger partial charge in [0.2, 0.25) is 0 Å². The minimum atomic E-state index is -4.52. The summed E-state index contributed by atoms with van der Waals surface area (Å²) < 4.78 is 37.6. The molecule has 0 unspecified atom stereocenters. The van der Waals surface area contributed by atoms with Crippen LogP contribution < -0.4 is 5.32 Å². The van der Waals surface area contributed by atoms with E-state index in [1.54, 1.807) is 18.2 Å². The molecule has 26 heavy (non-hydrogen) atoms. The molecule has 0 saturated carbocycles. The van der Waals surface area contributed by atoms with E-state index in [9.17, 15) is 27.9 Å². The number of hydrogen-bond donors (Lipinski definition) is 2. The van der Waals surface area contributed by atoms with Gasteiger partial charge in [-0.25, -0.2) is 4.79 Å². The van der Waals surface area contributed by atoms with Gasteiger partial charge >= 0.3 is 12.1 Å². The number of carbonyl (C=O) groups excluding carboxylic acids is 1. The van der Waals surface area contributed by atoms with E-state index in [0.29, 0.717) is 11.1 Å². The zero-order chi connectivity index (χ0) is 19.3.